The average Bonchev–Trinajstić information content (AvgIpc) is 3.16. The first-order valence-corrected chi connectivity index (χ1v) is 7.13. The topological polar surface area (TPSA) is 32.3 Å². The number of hydrogen-bond acceptors (Lipinski definition) is 1. The monoisotopic (exact) mass is 260 g/mol. The Morgan fingerprint density at radius 1 is 1.37 bits per heavy atom. The number of benzene rings is 1. The highest BCUT2D eigenvalue weighted by atomic mass is 16.2. The Hall–Kier alpha value is -1.51. The summed E-state index contributed by atoms with van der Waals surface area (Å²) < 4.78 is 0. The van der Waals surface area contributed by atoms with E-state index in [-0.39, 0.29) is 6.03 Å². The fourth-order valence-electron chi connectivity index (χ4n) is 2.25. The Kier molecular flexibility index (Phi) is 4.13. The van der Waals surface area contributed by atoms with Crippen molar-refractivity contribution in [2.24, 2.45) is 5.92 Å². The van der Waals surface area contributed by atoms with Gasteiger partial charge in [0.25, 0.3) is 0 Å². The quantitative estimate of drug-likeness (QED) is 0.873. The highest BCUT2D eigenvalue weighted by molar-refractivity contribution is 5.90. The summed E-state index contributed by atoms with van der Waals surface area (Å²) in [5.74, 6) is 0.505. The maximum atomic E-state index is 12.4. The molecule has 0 spiro atoms. The predicted molar refractivity (Wildman–Crippen MR) is 79.5 cm³/mol. The molecule has 3 nitrogen and oxygen atoms in total. The van der Waals surface area contributed by atoms with E-state index in [1.165, 1.54) is 5.56 Å². The summed E-state index contributed by atoms with van der Waals surface area (Å²) in [6.07, 6.45) is 2.29. The number of carbonyl (C=O) groups excluding carboxylic acids is 1. The van der Waals surface area contributed by atoms with Crippen molar-refractivity contribution in [3.05, 3.63) is 29.3 Å². The van der Waals surface area contributed by atoms with Crippen LogP contribution in [0.15, 0.2) is 18.2 Å². The van der Waals surface area contributed by atoms with Crippen molar-refractivity contribution in [2.75, 3.05) is 11.9 Å². The van der Waals surface area contributed by atoms with Crippen molar-refractivity contribution < 1.29 is 4.79 Å². The maximum absolute atomic E-state index is 12.4. The molecular weight excluding hydrogens is 236 g/mol. The zero-order chi connectivity index (χ0) is 14.0. The summed E-state index contributed by atoms with van der Waals surface area (Å²) in [6, 6.07) is 6.53. The first-order chi connectivity index (χ1) is 8.99. The van der Waals surface area contributed by atoms with E-state index in [0.29, 0.717) is 12.0 Å². The van der Waals surface area contributed by atoms with Crippen LogP contribution in [0.1, 0.15) is 37.8 Å². The summed E-state index contributed by atoms with van der Waals surface area (Å²) in [5.41, 5.74) is 3.29. The lowest BCUT2D eigenvalue weighted by atomic mass is 10.1. The van der Waals surface area contributed by atoms with Gasteiger partial charge >= 0.3 is 6.03 Å². The largest absolute Gasteiger partial charge is 0.322 e. The summed E-state index contributed by atoms with van der Waals surface area (Å²) in [7, 11) is 0. The van der Waals surface area contributed by atoms with Gasteiger partial charge in [-0.2, -0.15) is 0 Å². The summed E-state index contributed by atoms with van der Waals surface area (Å²) >= 11 is 0. The fraction of sp³-hybridized carbons (Fsp3) is 0.562. The molecule has 0 heterocycles. The van der Waals surface area contributed by atoms with Gasteiger partial charge < -0.3 is 10.2 Å². The molecule has 1 aliphatic rings. The van der Waals surface area contributed by atoms with E-state index < -0.39 is 0 Å². The summed E-state index contributed by atoms with van der Waals surface area (Å²) in [5, 5.41) is 3.06. The normalized spacial score (nSPS) is 14.6. The molecule has 1 aliphatic carbocycles. The molecule has 3 heteroatoms. The van der Waals surface area contributed by atoms with E-state index in [0.717, 1.165) is 30.6 Å². The van der Waals surface area contributed by atoms with Gasteiger partial charge in [0.2, 0.25) is 0 Å². The van der Waals surface area contributed by atoms with Crippen LogP contribution in [0.5, 0.6) is 0 Å². The van der Waals surface area contributed by atoms with E-state index >= 15 is 0 Å². The molecule has 1 aromatic carbocycles. The molecule has 0 bridgehead atoms. The van der Waals surface area contributed by atoms with E-state index in [4.69, 9.17) is 0 Å². The van der Waals surface area contributed by atoms with Crippen molar-refractivity contribution in [1.29, 1.82) is 0 Å². The van der Waals surface area contributed by atoms with Crippen molar-refractivity contribution >= 4 is 11.7 Å². The summed E-state index contributed by atoms with van der Waals surface area (Å²) in [4.78, 5) is 14.4. The van der Waals surface area contributed by atoms with E-state index in [1.807, 2.05) is 17.0 Å². The van der Waals surface area contributed by atoms with Crippen LogP contribution in [-0.2, 0) is 0 Å². The predicted octanol–water partition coefficient (Wildman–Crippen LogP) is 3.96. The second-order valence-corrected chi connectivity index (χ2v) is 5.96. The van der Waals surface area contributed by atoms with Crippen LogP contribution in [0.2, 0.25) is 0 Å². The molecular formula is C16H24N2O. The lowest BCUT2D eigenvalue weighted by Crippen LogP contribution is -2.39. The van der Waals surface area contributed by atoms with Gasteiger partial charge in [0, 0.05) is 18.3 Å². The third-order valence-corrected chi connectivity index (χ3v) is 3.66. The molecule has 0 saturated heterocycles. The number of aryl methyl sites for hydroxylation is 1. The minimum atomic E-state index is 0.0462. The maximum Gasteiger partial charge on any atom is 0.322 e. The van der Waals surface area contributed by atoms with Crippen LogP contribution in [0.4, 0.5) is 10.5 Å². The molecule has 0 aliphatic heterocycles. The number of nitrogens with zero attached hydrogens (tertiary/aromatic N) is 1. The minimum absolute atomic E-state index is 0.0462. The van der Waals surface area contributed by atoms with Gasteiger partial charge in [0.05, 0.1) is 0 Å². The second-order valence-electron chi connectivity index (χ2n) is 5.96. The SMILES string of the molecule is Cc1cccc(NC(=O)N(CC(C)C)C2CC2)c1C. The van der Waals surface area contributed by atoms with Gasteiger partial charge in [-0.3, -0.25) is 0 Å². The van der Waals surface area contributed by atoms with Gasteiger partial charge in [-0.25, -0.2) is 4.79 Å². The molecule has 0 atom stereocenters. The third kappa shape index (κ3) is 3.49. The highest BCUT2D eigenvalue weighted by Gasteiger charge is 2.32. The Labute approximate surface area is 116 Å². The molecule has 0 aromatic heterocycles. The van der Waals surface area contributed by atoms with Crippen LogP contribution in [0.25, 0.3) is 0 Å². The first kappa shape index (κ1) is 13.9. The zero-order valence-electron chi connectivity index (χ0n) is 12.4. The van der Waals surface area contributed by atoms with Crippen LogP contribution >= 0.6 is 0 Å². The van der Waals surface area contributed by atoms with Crippen molar-refractivity contribution in [1.82, 2.24) is 4.90 Å². The number of nitrogens with one attached hydrogen (secondary N) is 1. The molecule has 0 radical (unpaired) electrons. The number of carbonyl (C=O) groups is 1. The number of urea groups is 1. The van der Waals surface area contributed by atoms with Crippen molar-refractivity contribution in [2.45, 2.75) is 46.6 Å². The Balaban J connectivity index is 2.08. The van der Waals surface area contributed by atoms with Crippen LogP contribution in [0.3, 0.4) is 0 Å². The standard InChI is InChI=1S/C16H24N2O/c1-11(2)10-18(14-8-9-14)16(19)17-15-7-5-6-12(3)13(15)4/h5-7,11,14H,8-10H2,1-4H3,(H,17,19). The number of anilines is 1. The Bertz CT molecular complexity index is 464. The van der Waals surface area contributed by atoms with Gasteiger partial charge in [-0.15, -0.1) is 0 Å². The lowest BCUT2D eigenvalue weighted by molar-refractivity contribution is 0.201. The number of rotatable bonds is 4. The van der Waals surface area contributed by atoms with Gasteiger partial charge in [0.15, 0.2) is 0 Å². The number of amides is 2. The number of hydrogen-bond donors (Lipinski definition) is 1. The first-order valence-electron chi connectivity index (χ1n) is 7.13. The van der Waals surface area contributed by atoms with Gasteiger partial charge in [0.1, 0.15) is 0 Å². The average molecular weight is 260 g/mol. The van der Waals surface area contributed by atoms with Crippen LogP contribution in [0, 0.1) is 19.8 Å². The Morgan fingerprint density at radius 2 is 2.05 bits per heavy atom. The molecule has 104 valence electrons. The molecule has 1 N–H and O–H groups in total. The fourth-order valence-corrected chi connectivity index (χ4v) is 2.25. The van der Waals surface area contributed by atoms with Crippen LogP contribution < -0.4 is 5.32 Å². The van der Waals surface area contributed by atoms with E-state index in [2.05, 4.69) is 39.1 Å². The van der Waals surface area contributed by atoms with E-state index in [1.54, 1.807) is 0 Å². The summed E-state index contributed by atoms with van der Waals surface area (Å²) in [6.45, 7) is 9.26. The molecule has 1 saturated carbocycles. The zero-order valence-corrected chi connectivity index (χ0v) is 12.4. The smallest absolute Gasteiger partial charge is 0.321 e. The molecule has 2 rings (SSSR count). The van der Waals surface area contributed by atoms with Crippen molar-refractivity contribution in [3.8, 4) is 0 Å². The minimum Gasteiger partial charge on any atom is -0.321 e. The third-order valence-electron chi connectivity index (χ3n) is 3.66. The second kappa shape index (κ2) is 5.64. The molecule has 19 heavy (non-hydrogen) atoms. The van der Waals surface area contributed by atoms with Crippen LogP contribution in [-0.4, -0.2) is 23.5 Å². The van der Waals surface area contributed by atoms with E-state index in [9.17, 15) is 4.79 Å². The Morgan fingerprint density at radius 3 is 2.63 bits per heavy atom. The molecule has 1 aromatic rings. The van der Waals surface area contributed by atoms with Gasteiger partial charge in [-0.1, -0.05) is 26.0 Å². The molecule has 1 fully saturated rings. The van der Waals surface area contributed by atoms with Crippen molar-refractivity contribution in [3.63, 3.8) is 0 Å². The highest BCUT2D eigenvalue weighted by Crippen LogP contribution is 2.28. The molecule has 2 amide bonds. The van der Waals surface area contributed by atoms with Gasteiger partial charge in [-0.05, 0) is 49.8 Å². The lowest BCUT2D eigenvalue weighted by Gasteiger charge is -2.25. The molecule has 0 unspecified atom stereocenters.